The number of nitrogens with zero attached hydrogens (tertiary/aromatic N) is 1. The monoisotopic (exact) mass is 287 g/mol. The standard InChI is InChI=1S/C13H18ClNO4/c1-11(2,3)19-10(16)15-5-12(14)4-7-8-9(17-8)13(12,6-15)18-7/h7-9H,4-6H2,1-3H3/t7-,8-,9-,12+,13-/m1/s1. The molecule has 6 heteroatoms. The van der Waals surface area contributed by atoms with Crippen molar-refractivity contribution in [3.8, 4) is 0 Å². The van der Waals surface area contributed by atoms with Crippen LogP contribution in [-0.4, -0.2) is 58.5 Å². The molecule has 1 spiro atoms. The van der Waals surface area contributed by atoms with Crippen molar-refractivity contribution in [3.63, 3.8) is 0 Å². The molecule has 0 aliphatic carbocycles. The van der Waals surface area contributed by atoms with E-state index in [1.165, 1.54) is 0 Å². The van der Waals surface area contributed by atoms with Crippen LogP contribution in [0.4, 0.5) is 4.79 Å². The summed E-state index contributed by atoms with van der Waals surface area (Å²) in [5, 5.41) is 0. The molecule has 2 bridgehead atoms. The lowest BCUT2D eigenvalue weighted by atomic mass is 9.80. The fourth-order valence-electron chi connectivity index (χ4n) is 3.76. The van der Waals surface area contributed by atoms with E-state index in [1.54, 1.807) is 4.90 Å². The molecule has 0 N–H and O–H groups in total. The van der Waals surface area contributed by atoms with Gasteiger partial charge in [0.1, 0.15) is 23.4 Å². The SMILES string of the molecule is CC(C)(C)OC(=O)N1C[C@@]2(Cl)C[C@H]3O[C@]2(C1)[C@@H]1O[C@@H]13. The molecule has 4 rings (SSSR count). The Bertz CT molecular complexity index is 462. The molecule has 4 heterocycles. The van der Waals surface area contributed by atoms with Crippen LogP contribution < -0.4 is 0 Å². The molecule has 0 aromatic heterocycles. The summed E-state index contributed by atoms with van der Waals surface area (Å²) in [6, 6.07) is 0. The minimum absolute atomic E-state index is 0.0659. The van der Waals surface area contributed by atoms with Gasteiger partial charge in [-0.15, -0.1) is 11.6 Å². The molecule has 0 unspecified atom stereocenters. The van der Waals surface area contributed by atoms with E-state index in [0.29, 0.717) is 13.1 Å². The summed E-state index contributed by atoms with van der Waals surface area (Å²) in [7, 11) is 0. The predicted molar refractivity (Wildman–Crippen MR) is 67.3 cm³/mol. The zero-order valence-corrected chi connectivity index (χ0v) is 12.1. The van der Waals surface area contributed by atoms with Crippen molar-refractivity contribution in [2.24, 2.45) is 0 Å². The first-order chi connectivity index (χ1) is 8.74. The largest absolute Gasteiger partial charge is 0.444 e. The molecule has 5 nitrogen and oxygen atoms in total. The lowest BCUT2D eigenvalue weighted by Gasteiger charge is -2.30. The molecule has 0 aromatic carbocycles. The Kier molecular flexibility index (Phi) is 2.07. The highest BCUT2D eigenvalue weighted by Gasteiger charge is 2.82. The normalized spacial score (nSPS) is 50.1. The number of hydrogen-bond acceptors (Lipinski definition) is 4. The Balaban J connectivity index is 1.56. The summed E-state index contributed by atoms with van der Waals surface area (Å²) in [4.78, 5) is 13.3. The van der Waals surface area contributed by atoms with E-state index in [0.717, 1.165) is 6.42 Å². The van der Waals surface area contributed by atoms with Crippen LogP contribution >= 0.6 is 11.6 Å². The van der Waals surface area contributed by atoms with Crippen LogP contribution in [0.15, 0.2) is 0 Å². The summed E-state index contributed by atoms with van der Waals surface area (Å²) >= 11 is 6.73. The molecular formula is C13H18ClNO4. The number of ether oxygens (including phenoxy) is 3. The predicted octanol–water partition coefficient (Wildman–Crippen LogP) is 1.52. The van der Waals surface area contributed by atoms with E-state index in [2.05, 4.69) is 0 Å². The second-order valence-corrected chi connectivity index (χ2v) is 7.80. The first-order valence-corrected chi connectivity index (χ1v) is 7.12. The van der Waals surface area contributed by atoms with E-state index in [-0.39, 0.29) is 24.4 Å². The Labute approximate surface area is 117 Å². The number of halogens is 1. The van der Waals surface area contributed by atoms with Gasteiger partial charge in [0.2, 0.25) is 0 Å². The number of epoxide rings is 1. The second-order valence-electron chi connectivity index (χ2n) is 7.07. The molecule has 106 valence electrons. The van der Waals surface area contributed by atoms with Gasteiger partial charge in [-0.05, 0) is 20.8 Å². The molecule has 4 fully saturated rings. The Morgan fingerprint density at radius 3 is 2.79 bits per heavy atom. The third-order valence-corrected chi connectivity index (χ3v) is 5.11. The Morgan fingerprint density at radius 2 is 2.16 bits per heavy atom. The number of likely N-dealkylation sites (tertiary alicyclic amines) is 1. The van der Waals surface area contributed by atoms with Gasteiger partial charge in [0.05, 0.1) is 17.5 Å². The maximum atomic E-state index is 12.2. The minimum atomic E-state index is -0.513. The van der Waals surface area contributed by atoms with E-state index in [1.807, 2.05) is 20.8 Å². The fourth-order valence-corrected chi connectivity index (χ4v) is 4.27. The second kappa shape index (κ2) is 3.21. The van der Waals surface area contributed by atoms with Gasteiger partial charge in [-0.3, -0.25) is 0 Å². The molecule has 4 aliphatic heterocycles. The van der Waals surface area contributed by atoms with Crippen molar-refractivity contribution in [2.45, 2.75) is 61.6 Å². The quantitative estimate of drug-likeness (QED) is 0.501. The van der Waals surface area contributed by atoms with Crippen molar-refractivity contribution >= 4 is 17.7 Å². The van der Waals surface area contributed by atoms with E-state index in [4.69, 9.17) is 25.8 Å². The van der Waals surface area contributed by atoms with Gasteiger partial charge in [-0.1, -0.05) is 0 Å². The van der Waals surface area contributed by atoms with Crippen molar-refractivity contribution < 1.29 is 19.0 Å². The summed E-state index contributed by atoms with van der Waals surface area (Å²) in [5.74, 6) is 0. The highest BCUT2D eigenvalue weighted by molar-refractivity contribution is 6.26. The van der Waals surface area contributed by atoms with Crippen LogP contribution in [0.25, 0.3) is 0 Å². The van der Waals surface area contributed by atoms with Gasteiger partial charge < -0.3 is 19.1 Å². The van der Waals surface area contributed by atoms with Crippen molar-refractivity contribution in [2.75, 3.05) is 13.1 Å². The maximum Gasteiger partial charge on any atom is 0.410 e. The third kappa shape index (κ3) is 1.46. The summed E-state index contributed by atoms with van der Waals surface area (Å²) in [5.41, 5.74) is -1.01. The maximum absolute atomic E-state index is 12.2. The minimum Gasteiger partial charge on any atom is -0.444 e. The number of fused-ring (bicyclic) bond motifs is 3. The van der Waals surface area contributed by atoms with Crippen molar-refractivity contribution in [3.05, 3.63) is 0 Å². The van der Waals surface area contributed by atoms with Crippen molar-refractivity contribution in [1.82, 2.24) is 4.90 Å². The third-order valence-electron chi connectivity index (χ3n) is 4.52. The molecule has 1 amide bonds. The van der Waals surface area contributed by atoms with E-state index >= 15 is 0 Å². The first kappa shape index (κ1) is 12.2. The Hall–Kier alpha value is -0.520. The number of alkyl halides is 1. The van der Waals surface area contributed by atoms with Gasteiger partial charge in [0, 0.05) is 13.0 Å². The number of rotatable bonds is 0. The number of carbonyl (C=O) groups is 1. The molecule has 0 radical (unpaired) electrons. The van der Waals surface area contributed by atoms with E-state index in [9.17, 15) is 4.79 Å². The van der Waals surface area contributed by atoms with Crippen LogP contribution in [0.5, 0.6) is 0 Å². The molecule has 0 saturated carbocycles. The highest BCUT2D eigenvalue weighted by Crippen LogP contribution is 2.64. The molecule has 5 atom stereocenters. The molecule has 4 aliphatic rings. The number of hydrogen-bond donors (Lipinski definition) is 0. The number of carbonyl (C=O) groups excluding carboxylic acids is 1. The summed E-state index contributed by atoms with van der Waals surface area (Å²) in [6.45, 7) is 6.53. The number of amides is 1. The van der Waals surface area contributed by atoms with Crippen LogP contribution in [0, 0.1) is 0 Å². The van der Waals surface area contributed by atoms with Crippen LogP contribution in [0.2, 0.25) is 0 Å². The topological polar surface area (TPSA) is 51.3 Å². The summed E-state index contributed by atoms with van der Waals surface area (Å²) < 4.78 is 17.1. The molecule has 0 aromatic rings. The average molecular weight is 288 g/mol. The van der Waals surface area contributed by atoms with Crippen LogP contribution in [-0.2, 0) is 14.2 Å². The Morgan fingerprint density at radius 1 is 1.42 bits per heavy atom. The van der Waals surface area contributed by atoms with Crippen LogP contribution in [0.3, 0.4) is 0 Å². The van der Waals surface area contributed by atoms with Gasteiger partial charge in [-0.2, -0.15) is 0 Å². The van der Waals surface area contributed by atoms with Crippen LogP contribution in [0.1, 0.15) is 27.2 Å². The zero-order valence-electron chi connectivity index (χ0n) is 11.3. The summed E-state index contributed by atoms with van der Waals surface area (Å²) in [6.07, 6.45) is 0.820. The van der Waals surface area contributed by atoms with Gasteiger partial charge in [-0.25, -0.2) is 4.79 Å². The lowest BCUT2D eigenvalue weighted by molar-refractivity contribution is -0.0592. The highest BCUT2D eigenvalue weighted by atomic mass is 35.5. The van der Waals surface area contributed by atoms with E-state index < -0.39 is 16.1 Å². The van der Waals surface area contributed by atoms with Crippen molar-refractivity contribution in [1.29, 1.82) is 0 Å². The molecule has 19 heavy (non-hydrogen) atoms. The lowest BCUT2D eigenvalue weighted by Crippen LogP contribution is -2.50. The zero-order chi connectivity index (χ0) is 13.6. The smallest absolute Gasteiger partial charge is 0.410 e. The molecular weight excluding hydrogens is 270 g/mol. The molecule has 4 saturated heterocycles. The van der Waals surface area contributed by atoms with Gasteiger partial charge >= 0.3 is 6.09 Å². The fraction of sp³-hybridized carbons (Fsp3) is 0.923. The van der Waals surface area contributed by atoms with Gasteiger partial charge in [0.15, 0.2) is 0 Å². The first-order valence-electron chi connectivity index (χ1n) is 6.74. The average Bonchev–Trinajstić information content (AvgIpc) is 2.83. The van der Waals surface area contributed by atoms with Gasteiger partial charge in [0.25, 0.3) is 0 Å².